The van der Waals surface area contributed by atoms with Crippen molar-refractivity contribution in [2.45, 2.75) is 37.3 Å². The maximum absolute atomic E-state index is 12.9. The third-order valence-electron chi connectivity index (χ3n) is 6.01. The summed E-state index contributed by atoms with van der Waals surface area (Å²) in [4.78, 5) is 42.0. The Morgan fingerprint density at radius 2 is 1.85 bits per heavy atom. The second kappa shape index (κ2) is 6.00. The Balaban J connectivity index is 1.43. The number of carbonyl (C=O) groups is 3. The minimum atomic E-state index is -0.803. The molecule has 1 atom stereocenters. The summed E-state index contributed by atoms with van der Waals surface area (Å²) in [5.74, 6) is 0.589. The number of carbonyl (C=O) groups excluding carboxylic acids is 3. The van der Waals surface area contributed by atoms with E-state index in [1.165, 1.54) is 16.8 Å². The molecule has 0 aliphatic carbocycles. The normalized spacial score (nSPS) is 24.7. The van der Waals surface area contributed by atoms with Crippen molar-refractivity contribution < 1.29 is 19.1 Å². The molecule has 2 saturated heterocycles. The zero-order valence-corrected chi connectivity index (χ0v) is 15.1. The van der Waals surface area contributed by atoms with Crippen LogP contribution in [0.1, 0.15) is 24.8 Å². The maximum Gasteiger partial charge on any atom is 0.327 e. The SMILES string of the molecule is CN1C(=O)N(C)C2(CCN(C(=O)[C@H]3CCc4ccccc4O3)CC2)C1=O. The average molecular weight is 357 g/mol. The number of rotatable bonds is 1. The van der Waals surface area contributed by atoms with Crippen LogP contribution in [-0.2, 0) is 16.0 Å². The highest BCUT2D eigenvalue weighted by atomic mass is 16.5. The fourth-order valence-corrected chi connectivity index (χ4v) is 4.30. The molecular weight excluding hydrogens is 334 g/mol. The Bertz CT molecular complexity index is 770. The predicted octanol–water partition coefficient (Wildman–Crippen LogP) is 1.27. The molecule has 7 nitrogen and oxygen atoms in total. The van der Waals surface area contributed by atoms with Crippen molar-refractivity contribution in [1.82, 2.24) is 14.7 Å². The number of amides is 4. The van der Waals surface area contributed by atoms with Gasteiger partial charge in [-0.2, -0.15) is 0 Å². The second-order valence-electron chi connectivity index (χ2n) is 7.32. The number of piperidine rings is 1. The van der Waals surface area contributed by atoms with Gasteiger partial charge in [0.1, 0.15) is 11.3 Å². The molecule has 4 amide bonds. The van der Waals surface area contributed by atoms with E-state index in [1.807, 2.05) is 24.3 Å². The summed E-state index contributed by atoms with van der Waals surface area (Å²) in [6.07, 6.45) is 1.95. The number of ether oxygens (including phenoxy) is 1. The fraction of sp³-hybridized carbons (Fsp3) is 0.526. The quantitative estimate of drug-likeness (QED) is 0.710. The summed E-state index contributed by atoms with van der Waals surface area (Å²) in [6, 6.07) is 7.53. The molecule has 4 rings (SSSR count). The number of hydrogen-bond acceptors (Lipinski definition) is 4. The largest absolute Gasteiger partial charge is 0.480 e. The smallest absolute Gasteiger partial charge is 0.327 e. The van der Waals surface area contributed by atoms with Crippen molar-refractivity contribution >= 4 is 17.8 Å². The third-order valence-corrected chi connectivity index (χ3v) is 6.01. The standard InChI is InChI=1S/C19H23N3O4/c1-20-17(24)19(21(2)18(20)25)9-11-22(12-10-19)16(23)15-8-7-13-5-3-4-6-14(13)26-15/h3-6,15H,7-12H2,1-2H3/t15-/m1/s1. The van der Waals surface area contributed by atoms with Crippen LogP contribution in [0.2, 0.25) is 0 Å². The molecule has 0 aromatic heterocycles. The lowest BCUT2D eigenvalue weighted by atomic mass is 9.86. The van der Waals surface area contributed by atoms with E-state index >= 15 is 0 Å². The zero-order chi connectivity index (χ0) is 18.5. The lowest BCUT2D eigenvalue weighted by Crippen LogP contribution is -2.57. The number of hydrogen-bond donors (Lipinski definition) is 0. The predicted molar refractivity (Wildman–Crippen MR) is 93.7 cm³/mol. The Labute approximate surface area is 152 Å². The lowest BCUT2D eigenvalue weighted by Gasteiger charge is -2.41. The average Bonchev–Trinajstić information content (AvgIpc) is 2.84. The Kier molecular flexibility index (Phi) is 3.89. The highest BCUT2D eigenvalue weighted by Gasteiger charge is 2.55. The van der Waals surface area contributed by atoms with Gasteiger partial charge in [-0.25, -0.2) is 4.79 Å². The summed E-state index contributed by atoms with van der Waals surface area (Å²) in [6.45, 7) is 0.912. The second-order valence-corrected chi connectivity index (χ2v) is 7.32. The number of urea groups is 1. The van der Waals surface area contributed by atoms with Crippen molar-refractivity contribution in [2.75, 3.05) is 27.2 Å². The van der Waals surface area contributed by atoms with Gasteiger partial charge in [-0.3, -0.25) is 14.5 Å². The molecule has 7 heteroatoms. The van der Waals surface area contributed by atoms with E-state index in [0.29, 0.717) is 32.4 Å². The molecule has 2 fully saturated rings. The van der Waals surface area contributed by atoms with Crippen LogP contribution in [0, 0.1) is 0 Å². The first-order valence-corrected chi connectivity index (χ1v) is 9.03. The summed E-state index contributed by atoms with van der Waals surface area (Å²) in [5.41, 5.74) is 0.330. The van der Waals surface area contributed by atoms with E-state index < -0.39 is 11.6 Å². The Hall–Kier alpha value is -2.57. The number of likely N-dealkylation sites (tertiary alicyclic amines) is 1. The van der Waals surface area contributed by atoms with Gasteiger partial charge in [0.15, 0.2) is 6.10 Å². The Morgan fingerprint density at radius 3 is 2.50 bits per heavy atom. The van der Waals surface area contributed by atoms with E-state index in [9.17, 15) is 14.4 Å². The molecule has 3 aliphatic rings. The molecule has 26 heavy (non-hydrogen) atoms. The zero-order valence-electron chi connectivity index (χ0n) is 15.1. The molecule has 1 aromatic carbocycles. The highest BCUT2D eigenvalue weighted by molar-refractivity contribution is 6.06. The van der Waals surface area contributed by atoms with Gasteiger partial charge in [0.2, 0.25) is 0 Å². The molecular formula is C19H23N3O4. The molecule has 1 aromatic rings. The third kappa shape index (κ3) is 2.37. The molecule has 0 radical (unpaired) electrons. The highest BCUT2D eigenvalue weighted by Crippen LogP contribution is 2.36. The van der Waals surface area contributed by atoms with Crippen LogP contribution in [0.3, 0.4) is 0 Å². The number of fused-ring (bicyclic) bond motifs is 1. The van der Waals surface area contributed by atoms with Crippen LogP contribution in [0.15, 0.2) is 24.3 Å². The Morgan fingerprint density at radius 1 is 1.15 bits per heavy atom. The van der Waals surface area contributed by atoms with E-state index in [2.05, 4.69) is 0 Å². The van der Waals surface area contributed by atoms with Crippen molar-refractivity contribution in [3.63, 3.8) is 0 Å². The van der Waals surface area contributed by atoms with Gasteiger partial charge in [-0.1, -0.05) is 18.2 Å². The minimum absolute atomic E-state index is 0.0258. The fourth-order valence-electron chi connectivity index (χ4n) is 4.30. The maximum atomic E-state index is 12.9. The van der Waals surface area contributed by atoms with E-state index in [-0.39, 0.29) is 17.8 Å². The minimum Gasteiger partial charge on any atom is -0.480 e. The number of nitrogens with zero attached hydrogens (tertiary/aromatic N) is 3. The van der Waals surface area contributed by atoms with E-state index in [4.69, 9.17) is 4.74 Å². The topological polar surface area (TPSA) is 70.2 Å². The monoisotopic (exact) mass is 357 g/mol. The lowest BCUT2D eigenvalue weighted by molar-refractivity contribution is -0.145. The summed E-state index contributed by atoms with van der Waals surface area (Å²) < 4.78 is 5.91. The van der Waals surface area contributed by atoms with Crippen molar-refractivity contribution in [3.05, 3.63) is 29.8 Å². The summed E-state index contributed by atoms with van der Waals surface area (Å²) in [5, 5.41) is 0. The van der Waals surface area contributed by atoms with Crippen LogP contribution in [0.4, 0.5) is 4.79 Å². The van der Waals surface area contributed by atoms with Gasteiger partial charge in [0.25, 0.3) is 11.8 Å². The van der Waals surface area contributed by atoms with Crippen LogP contribution < -0.4 is 4.74 Å². The molecule has 3 aliphatic heterocycles. The van der Waals surface area contributed by atoms with Crippen LogP contribution in [0.5, 0.6) is 5.75 Å². The first-order chi connectivity index (χ1) is 12.4. The van der Waals surface area contributed by atoms with Crippen LogP contribution in [0.25, 0.3) is 0 Å². The summed E-state index contributed by atoms with van der Waals surface area (Å²) >= 11 is 0. The molecule has 0 bridgehead atoms. The van der Waals surface area contributed by atoms with Crippen molar-refractivity contribution in [3.8, 4) is 5.75 Å². The first-order valence-electron chi connectivity index (χ1n) is 9.03. The van der Waals surface area contributed by atoms with E-state index in [0.717, 1.165) is 17.7 Å². The van der Waals surface area contributed by atoms with Gasteiger partial charge in [-0.15, -0.1) is 0 Å². The molecule has 1 spiro atoms. The van der Waals surface area contributed by atoms with Gasteiger partial charge in [0, 0.05) is 27.2 Å². The van der Waals surface area contributed by atoms with Gasteiger partial charge in [0.05, 0.1) is 0 Å². The van der Waals surface area contributed by atoms with Gasteiger partial charge in [-0.05, 0) is 37.3 Å². The van der Waals surface area contributed by atoms with E-state index in [1.54, 1.807) is 11.9 Å². The molecule has 0 unspecified atom stereocenters. The molecule has 0 saturated carbocycles. The number of imide groups is 1. The number of benzene rings is 1. The van der Waals surface area contributed by atoms with Crippen LogP contribution >= 0.6 is 0 Å². The number of likely N-dealkylation sites (N-methyl/N-ethyl adjacent to an activating group) is 2. The summed E-state index contributed by atoms with van der Waals surface area (Å²) in [7, 11) is 3.18. The van der Waals surface area contributed by atoms with Crippen molar-refractivity contribution in [1.29, 1.82) is 0 Å². The molecule has 0 N–H and O–H groups in total. The van der Waals surface area contributed by atoms with Crippen molar-refractivity contribution in [2.24, 2.45) is 0 Å². The van der Waals surface area contributed by atoms with Gasteiger partial charge >= 0.3 is 6.03 Å². The molecule has 138 valence electrons. The number of aryl methyl sites for hydroxylation is 1. The number of para-hydroxylation sites is 1. The van der Waals surface area contributed by atoms with Crippen LogP contribution in [-0.4, -0.2) is 71.4 Å². The first kappa shape index (κ1) is 16.9. The molecule has 3 heterocycles. The van der Waals surface area contributed by atoms with Gasteiger partial charge < -0.3 is 14.5 Å².